The molecule has 1 fully saturated rings. The lowest BCUT2D eigenvalue weighted by Gasteiger charge is -2.28. The van der Waals surface area contributed by atoms with Crippen LogP contribution in [0.4, 0.5) is 0 Å². The Bertz CT molecular complexity index is 1430. The van der Waals surface area contributed by atoms with E-state index in [1.54, 1.807) is 25.3 Å². The van der Waals surface area contributed by atoms with Crippen LogP contribution in [0.2, 0.25) is 0 Å². The Kier molecular flexibility index (Phi) is 6.92. The van der Waals surface area contributed by atoms with Gasteiger partial charge < -0.3 is 10.5 Å². The Labute approximate surface area is 203 Å². The first kappa shape index (κ1) is 25.2. The highest BCUT2D eigenvalue weighted by Gasteiger charge is 2.34. The second-order valence-electron chi connectivity index (χ2n) is 8.57. The van der Waals surface area contributed by atoms with Crippen LogP contribution in [0.25, 0.3) is 11.4 Å². The molecule has 0 radical (unpaired) electrons. The first-order valence-electron chi connectivity index (χ1n) is 10.9. The molecule has 0 aliphatic heterocycles. The van der Waals surface area contributed by atoms with E-state index in [4.69, 9.17) is 20.7 Å². The van der Waals surface area contributed by atoms with Crippen LogP contribution in [0.3, 0.4) is 0 Å². The summed E-state index contributed by atoms with van der Waals surface area (Å²) < 4.78 is 56.9. The number of hydrogen-bond acceptors (Lipinski definition) is 9. The standard InChI is InChI=1S/C21H27N7O5S2/c1-33-16-8-2-13(3-9-16)12-28-21(25-26-27-28)19-17(14-4-6-15(22)7-5-14)10-11-18(34(23,29)30)20(19)35(24,31)32/h2-3,8-11,14-15H,4-7,12,22H2,1H3,(H2,23,29,30)(H2,24,31,32). The molecule has 0 bridgehead atoms. The largest absolute Gasteiger partial charge is 0.497 e. The molecule has 0 spiro atoms. The minimum absolute atomic E-state index is 0.0398. The van der Waals surface area contributed by atoms with Crippen molar-refractivity contribution >= 4 is 20.0 Å². The van der Waals surface area contributed by atoms with E-state index in [2.05, 4.69) is 15.5 Å². The first-order valence-corrected chi connectivity index (χ1v) is 14.0. The maximum atomic E-state index is 12.8. The van der Waals surface area contributed by atoms with Crippen LogP contribution in [-0.2, 0) is 26.6 Å². The van der Waals surface area contributed by atoms with Gasteiger partial charge in [-0.3, -0.25) is 0 Å². The van der Waals surface area contributed by atoms with Gasteiger partial charge in [0.05, 0.1) is 13.7 Å². The maximum absolute atomic E-state index is 12.8. The summed E-state index contributed by atoms with van der Waals surface area (Å²) in [7, 11) is -7.43. The zero-order valence-electron chi connectivity index (χ0n) is 19.0. The number of primary sulfonamides is 2. The van der Waals surface area contributed by atoms with Crippen LogP contribution in [0.1, 0.15) is 42.7 Å². The summed E-state index contributed by atoms with van der Waals surface area (Å²) in [6.07, 6.45) is 2.85. The van der Waals surface area contributed by atoms with Gasteiger partial charge in [0.25, 0.3) is 0 Å². The Morgan fingerprint density at radius 3 is 2.20 bits per heavy atom. The van der Waals surface area contributed by atoms with E-state index in [-0.39, 0.29) is 29.9 Å². The Morgan fingerprint density at radius 1 is 0.971 bits per heavy atom. The van der Waals surface area contributed by atoms with Gasteiger partial charge in [-0.05, 0) is 71.4 Å². The molecule has 1 saturated carbocycles. The number of ether oxygens (including phenoxy) is 1. The molecule has 0 amide bonds. The molecule has 1 aromatic heterocycles. The van der Waals surface area contributed by atoms with E-state index in [1.165, 1.54) is 10.7 Å². The number of rotatable bonds is 7. The molecule has 0 saturated heterocycles. The minimum atomic E-state index is -4.55. The molecule has 1 aliphatic carbocycles. The summed E-state index contributed by atoms with van der Waals surface area (Å²) in [5.74, 6) is 0.645. The number of methoxy groups -OCH3 is 1. The summed E-state index contributed by atoms with van der Waals surface area (Å²) >= 11 is 0. The smallest absolute Gasteiger partial charge is 0.240 e. The maximum Gasteiger partial charge on any atom is 0.240 e. The molecule has 2 aromatic carbocycles. The number of sulfonamides is 2. The molecule has 6 N–H and O–H groups in total. The fourth-order valence-electron chi connectivity index (χ4n) is 4.48. The van der Waals surface area contributed by atoms with Gasteiger partial charge in [-0.1, -0.05) is 18.2 Å². The zero-order valence-corrected chi connectivity index (χ0v) is 20.7. The topological polar surface area (TPSA) is 199 Å². The third kappa shape index (κ3) is 5.36. The van der Waals surface area contributed by atoms with E-state index < -0.39 is 29.8 Å². The molecule has 0 atom stereocenters. The second kappa shape index (κ2) is 9.62. The quantitative estimate of drug-likeness (QED) is 0.400. The summed E-state index contributed by atoms with van der Waals surface area (Å²) in [6.45, 7) is 0.185. The number of tetrazole rings is 1. The SMILES string of the molecule is COc1ccc(Cn2nnnc2-c2c(C3CCC(N)CC3)ccc(S(N)(=O)=O)c2S(N)(=O)=O)cc1. The highest BCUT2D eigenvalue weighted by Crippen LogP contribution is 2.42. The number of aromatic nitrogens is 4. The predicted octanol–water partition coefficient (Wildman–Crippen LogP) is 0.677. The van der Waals surface area contributed by atoms with Crippen molar-refractivity contribution in [2.45, 2.75) is 54.0 Å². The van der Waals surface area contributed by atoms with Gasteiger partial charge in [0, 0.05) is 11.6 Å². The van der Waals surface area contributed by atoms with Gasteiger partial charge in [0.1, 0.15) is 15.5 Å². The number of nitrogens with two attached hydrogens (primary N) is 3. The van der Waals surface area contributed by atoms with E-state index in [0.717, 1.165) is 18.4 Å². The Morgan fingerprint density at radius 2 is 1.63 bits per heavy atom. The number of hydrogen-bond donors (Lipinski definition) is 3. The van der Waals surface area contributed by atoms with Crippen LogP contribution >= 0.6 is 0 Å². The lowest BCUT2D eigenvalue weighted by atomic mass is 9.80. The predicted molar refractivity (Wildman–Crippen MR) is 127 cm³/mol. The normalized spacial score (nSPS) is 19.0. The average Bonchev–Trinajstić information content (AvgIpc) is 3.25. The zero-order chi connectivity index (χ0) is 25.4. The van der Waals surface area contributed by atoms with Crippen LogP contribution in [-0.4, -0.2) is 50.2 Å². The summed E-state index contributed by atoms with van der Waals surface area (Å²) in [5.41, 5.74) is 7.49. The molecule has 14 heteroatoms. The van der Waals surface area contributed by atoms with Crippen molar-refractivity contribution in [3.63, 3.8) is 0 Å². The van der Waals surface area contributed by atoms with Crippen molar-refractivity contribution in [1.82, 2.24) is 20.2 Å². The highest BCUT2D eigenvalue weighted by molar-refractivity contribution is 7.92. The molecular formula is C21H27N7O5S2. The van der Waals surface area contributed by atoms with Crippen molar-refractivity contribution in [1.29, 1.82) is 0 Å². The van der Waals surface area contributed by atoms with E-state index in [1.807, 2.05) is 12.1 Å². The van der Waals surface area contributed by atoms with Crippen LogP contribution in [0, 0.1) is 0 Å². The van der Waals surface area contributed by atoms with Crippen LogP contribution in [0.15, 0.2) is 46.2 Å². The Hall–Kier alpha value is -2.91. The van der Waals surface area contributed by atoms with E-state index >= 15 is 0 Å². The van der Waals surface area contributed by atoms with E-state index in [0.29, 0.717) is 24.2 Å². The van der Waals surface area contributed by atoms with E-state index in [9.17, 15) is 16.8 Å². The molecule has 35 heavy (non-hydrogen) atoms. The van der Waals surface area contributed by atoms with Crippen molar-refractivity contribution < 1.29 is 21.6 Å². The second-order valence-corrected chi connectivity index (χ2v) is 11.6. The third-order valence-electron chi connectivity index (χ3n) is 6.20. The molecule has 1 aliphatic rings. The molecular weight excluding hydrogens is 494 g/mol. The van der Waals surface area contributed by atoms with Gasteiger partial charge in [-0.15, -0.1) is 5.10 Å². The Balaban J connectivity index is 1.94. The molecule has 1 heterocycles. The highest BCUT2D eigenvalue weighted by atomic mass is 32.2. The van der Waals surface area contributed by atoms with Crippen molar-refractivity contribution in [3.05, 3.63) is 47.5 Å². The van der Waals surface area contributed by atoms with Gasteiger partial charge in [-0.25, -0.2) is 31.8 Å². The molecule has 3 aromatic rings. The molecule has 188 valence electrons. The third-order valence-corrected chi connectivity index (χ3v) is 8.28. The van der Waals surface area contributed by atoms with Crippen molar-refractivity contribution in [2.24, 2.45) is 16.0 Å². The monoisotopic (exact) mass is 521 g/mol. The van der Waals surface area contributed by atoms with Crippen molar-refractivity contribution in [3.8, 4) is 17.1 Å². The summed E-state index contributed by atoms with van der Waals surface area (Å²) in [6, 6.07) is 9.97. The van der Waals surface area contributed by atoms with Gasteiger partial charge in [0.2, 0.25) is 20.0 Å². The molecule has 0 unspecified atom stereocenters. The van der Waals surface area contributed by atoms with Crippen LogP contribution in [0.5, 0.6) is 5.75 Å². The fraction of sp³-hybridized carbons (Fsp3) is 0.381. The van der Waals surface area contributed by atoms with Crippen molar-refractivity contribution in [2.75, 3.05) is 7.11 Å². The van der Waals surface area contributed by atoms with Crippen LogP contribution < -0.4 is 20.7 Å². The van der Waals surface area contributed by atoms with Gasteiger partial charge in [-0.2, -0.15) is 0 Å². The lowest BCUT2D eigenvalue weighted by molar-refractivity contribution is 0.395. The summed E-state index contributed by atoms with van der Waals surface area (Å²) in [5, 5.41) is 22.8. The first-order chi connectivity index (χ1) is 16.5. The van der Waals surface area contributed by atoms with Gasteiger partial charge >= 0.3 is 0 Å². The fourth-order valence-corrected chi connectivity index (χ4v) is 6.64. The minimum Gasteiger partial charge on any atom is -0.497 e. The number of benzene rings is 2. The number of nitrogens with zero attached hydrogens (tertiary/aromatic N) is 4. The average molecular weight is 522 g/mol. The molecule has 4 rings (SSSR count). The lowest BCUT2D eigenvalue weighted by Crippen LogP contribution is -2.27. The molecule has 12 nitrogen and oxygen atoms in total. The van der Waals surface area contributed by atoms with Gasteiger partial charge in [0.15, 0.2) is 5.82 Å². The summed E-state index contributed by atoms with van der Waals surface area (Å²) in [4.78, 5) is -1.22.